The molecule has 0 aliphatic carbocycles. The first-order valence-corrected chi connectivity index (χ1v) is 13.9. The minimum Gasteiger partial charge on any atom is -0.444 e. The van der Waals surface area contributed by atoms with Crippen LogP contribution in [-0.2, 0) is 35.0 Å². The highest BCUT2D eigenvalue weighted by atomic mass is 19.4. The standard InChI is InChI=1S/C31H36F3N5O3/c1-30(2,3)42-29(41)39-17-7-6-10-26(39)21-11-14-23(15-12-21)37-28-36-19-24(31(32,33)34)25(38-28)16-13-20-8-4-5-9-22(20)18-27(35)40/h4-5,8-9,11-12,14-15,19,26H,6-7,10,13,16-18H2,1-3H3,(H2,35,40)(H,36,37,38). The topological polar surface area (TPSA) is 110 Å². The van der Waals surface area contributed by atoms with Gasteiger partial charge in [-0.15, -0.1) is 0 Å². The van der Waals surface area contributed by atoms with E-state index < -0.39 is 23.2 Å². The van der Waals surface area contributed by atoms with Gasteiger partial charge in [0.2, 0.25) is 11.9 Å². The lowest BCUT2D eigenvalue weighted by Gasteiger charge is -2.37. The smallest absolute Gasteiger partial charge is 0.419 e. The molecule has 1 fully saturated rings. The maximum atomic E-state index is 13.8. The highest BCUT2D eigenvalue weighted by molar-refractivity contribution is 5.77. The van der Waals surface area contributed by atoms with Gasteiger partial charge in [-0.2, -0.15) is 13.2 Å². The number of anilines is 2. The maximum Gasteiger partial charge on any atom is 0.419 e. The molecule has 1 aliphatic rings. The fourth-order valence-electron chi connectivity index (χ4n) is 5.05. The van der Waals surface area contributed by atoms with Crippen molar-refractivity contribution in [2.75, 3.05) is 11.9 Å². The van der Waals surface area contributed by atoms with Crippen molar-refractivity contribution in [1.29, 1.82) is 0 Å². The summed E-state index contributed by atoms with van der Waals surface area (Å²) in [6.07, 6.45) is -1.25. The molecule has 0 saturated carbocycles. The molecule has 3 N–H and O–H groups in total. The van der Waals surface area contributed by atoms with E-state index in [4.69, 9.17) is 10.5 Å². The average Bonchev–Trinajstić information content (AvgIpc) is 2.91. The first-order valence-electron chi connectivity index (χ1n) is 13.9. The molecule has 8 nitrogen and oxygen atoms in total. The number of hydrogen-bond acceptors (Lipinski definition) is 6. The fraction of sp³-hybridized carbons (Fsp3) is 0.419. The Morgan fingerprint density at radius 1 is 1.02 bits per heavy atom. The lowest BCUT2D eigenvalue weighted by Crippen LogP contribution is -2.41. The number of halogens is 3. The number of piperidine rings is 1. The van der Waals surface area contributed by atoms with Crippen molar-refractivity contribution in [3.63, 3.8) is 0 Å². The monoisotopic (exact) mass is 583 g/mol. The number of rotatable bonds is 8. The largest absolute Gasteiger partial charge is 0.444 e. The van der Waals surface area contributed by atoms with Crippen LogP contribution < -0.4 is 11.1 Å². The van der Waals surface area contributed by atoms with Crippen LogP contribution in [0.3, 0.4) is 0 Å². The van der Waals surface area contributed by atoms with E-state index in [1.165, 1.54) is 0 Å². The number of alkyl halides is 3. The third-order valence-electron chi connectivity index (χ3n) is 6.97. The predicted octanol–water partition coefficient (Wildman–Crippen LogP) is 6.51. The summed E-state index contributed by atoms with van der Waals surface area (Å²) in [4.78, 5) is 34.1. The number of nitrogens with zero attached hydrogens (tertiary/aromatic N) is 3. The second kappa shape index (κ2) is 12.8. The summed E-state index contributed by atoms with van der Waals surface area (Å²) in [6, 6.07) is 14.2. The number of nitrogens with one attached hydrogen (secondary N) is 1. The number of carbonyl (C=O) groups is 2. The second-order valence-corrected chi connectivity index (χ2v) is 11.4. The average molecular weight is 584 g/mol. The number of amides is 2. The van der Waals surface area contributed by atoms with E-state index >= 15 is 0 Å². The van der Waals surface area contributed by atoms with Crippen molar-refractivity contribution >= 4 is 23.6 Å². The van der Waals surface area contributed by atoms with Crippen molar-refractivity contribution < 1.29 is 27.5 Å². The molecule has 42 heavy (non-hydrogen) atoms. The molecule has 0 radical (unpaired) electrons. The van der Waals surface area contributed by atoms with E-state index in [1.807, 2.05) is 32.9 Å². The molecular formula is C31H36F3N5O3. The van der Waals surface area contributed by atoms with Crippen molar-refractivity contribution in [1.82, 2.24) is 14.9 Å². The summed E-state index contributed by atoms with van der Waals surface area (Å²) in [5.41, 5.74) is 6.61. The zero-order valence-corrected chi connectivity index (χ0v) is 24.0. The van der Waals surface area contributed by atoms with Crippen LogP contribution in [0.5, 0.6) is 0 Å². The van der Waals surface area contributed by atoms with Gasteiger partial charge in [0, 0.05) is 18.4 Å². The van der Waals surface area contributed by atoms with Gasteiger partial charge in [0.1, 0.15) is 5.60 Å². The Morgan fingerprint density at radius 3 is 2.36 bits per heavy atom. The minimum absolute atomic E-state index is 0.00523. The lowest BCUT2D eigenvalue weighted by molar-refractivity contribution is -0.138. The van der Waals surface area contributed by atoms with Crippen molar-refractivity contribution in [2.45, 2.75) is 77.1 Å². The molecule has 224 valence electrons. The van der Waals surface area contributed by atoms with E-state index in [0.717, 1.165) is 36.6 Å². The molecule has 1 saturated heterocycles. The highest BCUT2D eigenvalue weighted by Gasteiger charge is 2.35. The van der Waals surface area contributed by atoms with Crippen LogP contribution in [0.2, 0.25) is 0 Å². The van der Waals surface area contributed by atoms with E-state index in [1.54, 1.807) is 41.3 Å². The third-order valence-corrected chi connectivity index (χ3v) is 6.97. The summed E-state index contributed by atoms with van der Waals surface area (Å²) in [6.45, 7) is 6.11. The van der Waals surface area contributed by atoms with Gasteiger partial charge < -0.3 is 20.7 Å². The summed E-state index contributed by atoms with van der Waals surface area (Å²) in [7, 11) is 0. The molecule has 0 spiro atoms. The molecule has 1 unspecified atom stereocenters. The van der Waals surface area contributed by atoms with Gasteiger partial charge in [-0.3, -0.25) is 4.79 Å². The van der Waals surface area contributed by atoms with Crippen molar-refractivity contribution in [3.05, 3.63) is 82.7 Å². The van der Waals surface area contributed by atoms with E-state index in [0.29, 0.717) is 17.8 Å². The van der Waals surface area contributed by atoms with Gasteiger partial charge in [0.15, 0.2) is 0 Å². The summed E-state index contributed by atoms with van der Waals surface area (Å²) in [5, 5.41) is 3.00. The Morgan fingerprint density at radius 2 is 1.71 bits per heavy atom. The van der Waals surface area contributed by atoms with Gasteiger partial charge >= 0.3 is 12.3 Å². The normalized spacial score (nSPS) is 15.8. The second-order valence-electron chi connectivity index (χ2n) is 11.4. The molecule has 1 aromatic heterocycles. The first kappa shape index (κ1) is 30.8. The van der Waals surface area contributed by atoms with Gasteiger partial charge in [0.05, 0.1) is 23.7 Å². The zero-order valence-electron chi connectivity index (χ0n) is 24.0. The molecule has 11 heteroatoms. The van der Waals surface area contributed by atoms with Crippen LogP contribution in [0.4, 0.5) is 29.6 Å². The molecule has 2 aromatic carbocycles. The molecule has 3 aromatic rings. The Labute approximate surface area is 243 Å². The maximum absolute atomic E-state index is 13.8. The Bertz CT molecular complexity index is 1400. The molecular weight excluding hydrogens is 547 g/mol. The van der Waals surface area contributed by atoms with E-state index in [9.17, 15) is 22.8 Å². The molecule has 2 heterocycles. The van der Waals surface area contributed by atoms with Crippen molar-refractivity contribution in [3.8, 4) is 0 Å². The van der Waals surface area contributed by atoms with E-state index in [2.05, 4.69) is 15.3 Å². The predicted molar refractivity (Wildman–Crippen MR) is 153 cm³/mol. The zero-order chi connectivity index (χ0) is 30.5. The molecule has 1 aliphatic heterocycles. The minimum atomic E-state index is -4.62. The van der Waals surface area contributed by atoms with Crippen LogP contribution >= 0.6 is 0 Å². The van der Waals surface area contributed by atoms with Crippen LogP contribution in [0, 0.1) is 0 Å². The number of benzene rings is 2. The summed E-state index contributed by atoms with van der Waals surface area (Å²) in [5.74, 6) is -0.483. The Kier molecular flexibility index (Phi) is 9.38. The molecule has 1 atom stereocenters. The number of likely N-dealkylation sites (tertiary alicyclic amines) is 1. The summed E-state index contributed by atoms with van der Waals surface area (Å²) < 4.78 is 47.0. The first-order chi connectivity index (χ1) is 19.8. The van der Waals surface area contributed by atoms with Crippen LogP contribution in [0.15, 0.2) is 54.7 Å². The Balaban J connectivity index is 1.51. The number of nitrogens with two attached hydrogens (primary N) is 1. The van der Waals surface area contributed by atoms with Gasteiger partial charge in [-0.1, -0.05) is 36.4 Å². The number of ether oxygens (including phenoxy) is 1. The number of hydrogen-bond donors (Lipinski definition) is 2. The molecule has 2 amide bonds. The number of carbonyl (C=O) groups excluding carboxylic acids is 2. The number of aromatic nitrogens is 2. The lowest BCUT2D eigenvalue weighted by atomic mass is 9.95. The van der Waals surface area contributed by atoms with Gasteiger partial charge in [-0.25, -0.2) is 14.8 Å². The Hall–Kier alpha value is -4.15. The van der Waals surface area contributed by atoms with Crippen LogP contribution in [0.1, 0.15) is 74.0 Å². The number of primary amides is 1. The van der Waals surface area contributed by atoms with Gasteiger partial charge in [0.25, 0.3) is 0 Å². The van der Waals surface area contributed by atoms with Crippen LogP contribution in [0.25, 0.3) is 0 Å². The highest BCUT2D eigenvalue weighted by Crippen LogP contribution is 2.34. The molecule has 0 bridgehead atoms. The molecule has 4 rings (SSSR count). The van der Waals surface area contributed by atoms with Gasteiger partial charge in [-0.05, 0) is 81.7 Å². The quantitative estimate of drug-likeness (QED) is 0.313. The SMILES string of the molecule is CC(C)(C)OC(=O)N1CCCCC1c1ccc(Nc2ncc(C(F)(F)F)c(CCc3ccccc3CC(N)=O)n2)cc1. The fourth-order valence-corrected chi connectivity index (χ4v) is 5.05. The number of aryl methyl sites for hydroxylation is 2. The summed E-state index contributed by atoms with van der Waals surface area (Å²) >= 11 is 0. The third kappa shape index (κ3) is 8.20. The van der Waals surface area contributed by atoms with Crippen molar-refractivity contribution in [2.24, 2.45) is 5.73 Å². The van der Waals surface area contributed by atoms with E-state index in [-0.39, 0.29) is 43.0 Å². The van der Waals surface area contributed by atoms with Crippen LogP contribution in [-0.4, -0.2) is 39.0 Å².